The molecule has 1 aromatic carbocycles. The minimum Gasteiger partial charge on any atom is -0.462 e. The molecule has 3 aromatic rings. The molecule has 4 rings (SSSR count). The maximum absolute atomic E-state index is 12.7. The second-order valence-electron chi connectivity index (χ2n) is 6.44. The number of carbonyl (C=O) groups excluding carboxylic acids is 1. The Bertz CT molecular complexity index is 1060. The molecule has 6 nitrogen and oxygen atoms in total. The highest BCUT2D eigenvalue weighted by molar-refractivity contribution is 7.16. The molecule has 0 saturated heterocycles. The summed E-state index contributed by atoms with van der Waals surface area (Å²) >= 11 is 1.49. The first kappa shape index (κ1) is 19.1. The molecule has 0 N–H and O–H groups in total. The lowest BCUT2D eigenvalue weighted by Crippen LogP contribution is -2.07. The van der Waals surface area contributed by atoms with Crippen LogP contribution < -0.4 is 9.47 Å². The Morgan fingerprint density at radius 1 is 1.24 bits per heavy atom. The number of aliphatic imine (C=N–C) groups is 1. The molecule has 148 valence electrons. The number of hydrogen-bond donors (Lipinski definition) is 0. The molecule has 0 radical (unpaired) electrons. The van der Waals surface area contributed by atoms with E-state index in [0.29, 0.717) is 23.6 Å². The third-order valence-electron chi connectivity index (χ3n) is 4.52. The van der Waals surface area contributed by atoms with Crippen LogP contribution in [0, 0.1) is 6.92 Å². The van der Waals surface area contributed by atoms with Gasteiger partial charge in [0.05, 0.1) is 6.61 Å². The van der Waals surface area contributed by atoms with E-state index in [2.05, 4.69) is 9.98 Å². The molecule has 1 aliphatic rings. The van der Waals surface area contributed by atoms with Gasteiger partial charge in [-0.3, -0.25) is 4.98 Å². The zero-order valence-electron chi connectivity index (χ0n) is 16.2. The molecule has 0 atom stereocenters. The van der Waals surface area contributed by atoms with Crippen molar-refractivity contribution in [1.29, 1.82) is 0 Å². The van der Waals surface area contributed by atoms with Crippen LogP contribution in [0.1, 0.15) is 38.8 Å². The fourth-order valence-corrected chi connectivity index (χ4v) is 4.12. The summed E-state index contributed by atoms with van der Waals surface area (Å²) in [5, 5.41) is 0.647. The molecule has 0 saturated carbocycles. The lowest BCUT2D eigenvalue weighted by atomic mass is 10.0. The van der Waals surface area contributed by atoms with Crippen LogP contribution in [-0.2, 0) is 11.2 Å². The van der Waals surface area contributed by atoms with Gasteiger partial charge in [0.25, 0.3) is 0 Å². The van der Waals surface area contributed by atoms with Crippen molar-refractivity contribution in [3.63, 3.8) is 0 Å². The molecule has 0 unspecified atom stereocenters. The van der Waals surface area contributed by atoms with Gasteiger partial charge in [-0.2, -0.15) is 0 Å². The van der Waals surface area contributed by atoms with E-state index < -0.39 is 0 Å². The summed E-state index contributed by atoms with van der Waals surface area (Å²) in [4.78, 5) is 22.4. The molecular weight excluding hydrogens is 388 g/mol. The minimum absolute atomic E-state index is 0.234. The van der Waals surface area contributed by atoms with E-state index in [1.54, 1.807) is 25.5 Å². The molecule has 0 bridgehead atoms. The van der Waals surface area contributed by atoms with E-state index in [4.69, 9.17) is 14.2 Å². The summed E-state index contributed by atoms with van der Waals surface area (Å²) in [6.07, 6.45) is 5.73. The Morgan fingerprint density at radius 2 is 2.03 bits per heavy atom. The van der Waals surface area contributed by atoms with Gasteiger partial charge in [-0.25, -0.2) is 9.79 Å². The molecule has 0 aliphatic carbocycles. The molecule has 0 amide bonds. The number of thiophene rings is 1. The van der Waals surface area contributed by atoms with E-state index in [0.717, 1.165) is 33.1 Å². The van der Waals surface area contributed by atoms with Gasteiger partial charge in [0.15, 0.2) is 11.5 Å². The standard InChI is InChI=1S/C22H20N2O4S/c1-3-26-22(25)20-17(10-16-4-5-18-19(11-16)28-13-27-18)14(2)29-21(20)24-12-15-6-8-23-9-7-15/h4-9,11-12H,3,10,13H2,1-2H3. The number of aryl methyl sites for hydroxylation is 1. The van der Waals surface area contributed by atoms with Crippen LogP contribution in [-0.4, -0.2) is 30.6 Å². The van der Waals surface area contributed by atoms with Crippen molar-refractivity contribution in [2.75, 3.05) is 13.4 Å². The third kappa shape index (κ3) is 4.14. The summed E-state index contributed by atoms with van der Waals surface area (Å²) < 4.78 is 16.2. The number of carbonyl (C=O) groups is 1. The number of pyridine rings is 1. The normalized spacial score (nSPS) is 12.5. The maximum Gasteiger partial charge on any atom is 0.341 e. The zero-order valence-corrected chi connectivity index (χ0v) is 17.0. The van der Waals surface area contributed by atoms with Gasteiger partial charge < -0.3 is 14.2 Å². The lowest BCUT2D eigenvalue weighted by molar-refractivity contribution is 0.0527. The first-order valence-electron chi connectivity index (χ1n) is 9.27. The fraction of sp³-hybridized carbons (Fsp3) is 0.227. The number of aromatic nitrogens is 1. The summed E-state index contributed by atoms with van der Waals surface area (Å²) in [7, 11) is 0. The number of fused-ring (bicyclic) bond motifs is 1. The smallest absolute Gasteiger partial charge is 0.341 e. The van der Waals surface area contributed by atoms with E-state index in [1.807, 2.05) is 37.3 Å². The second kappa shape index (κ2) is 8.45. The summed E-state index contributed by atoms with van der Waals surface area (Å²) in [5.41, 5.74) is 3.40. The Kier molecular flexibility index (Phi) is 5.57. The summed E-state index contributed by atoms with van der Waals surface area (Å²) in [6, 6.07) is 9.56. The lowest BCUT2D eigenvalue weighted by Gasteiger charge is -2.07. The van der Waals surface area contributed by atoms with Crippen molar-refractivity contribution in [2.24, 2.45) is 4.99 Å². The number of benzene rings is 1. The summed E-state index contributed by atoms with van der Waals surface area (Å²) in [6.45, 7) is 4.35. The predicted molar refractivity (Wildman–Crippen MR) is 112 cm³/mol. The highest BCUT2D eigenvalue weighted by atomic mass is 32.1. The maximum atomic E-state index is 12.7. The van der Waals surface area contributed by atoms with Gasteiger partial charge >= 0.3 is 5.97 Å². The molecular formula is C22H20N2O4S. The van der Waals surface area contributed by atoms with Crippen molar-refractivity contribution in [3.05, 3.63) is 69.9 Å². The Labute approximate surface area is 172 Å². The molecule has 0 spiro atoms. The average Bonchev–Trinajstić information content (AvgIpc) is 3.31. The number of ether oxygens (including phenoxy) is 3. The van der Waals surface area contributed by atoms with Gasteiger partial charge in [0, 0.05) is 23.5 Å². The van der Waals surface area contributed by atoms with Crippen LogP contribution in [0.2, 0.25) is 0 Å². The van der Waals surface area contributed by atoms with Crippen molar-refractivity contribution in [3.8, 4) is 11.5 Å². The van der Waals surface area contributed by atoms with Crippen molar-refractivity contribution < 1.29 is 19.0 Å². The van der Waals surface area contributed by atoms with Gasteiger partial charge in [-0.15, -0.1) is 11.3 Å². The van der Waals surface area contributed by atoms with Crippen LogP contribution in [0.5, 0.6) is 11.5 Å². The Morgan fingerprint density at radius 3 is 2.83 bits per heavy atom. The number of esters is 1. The van der Waals surface area contributed by atoms with E-state index in [9.17, 15) is 4.79 Å². The average molecular weight is 408 g/mol. The van der Waals surface area contributed by atoms with Crippen LogP contribution in [0.4, 0.5) is 5.00 Å². The van der Waals surface area contributed by atoms with Crippen molar-refractivity contribution >= 4 is 28.5 Å². The van der Waals surface area contributed by atoms with Crippen LogP contribution in [0.15, 0.2) is 47.7 Å². The largest absolute Gasteiger partial charge is 0.462 e. The van der Waals surface area contributed by atoms with Gasteiger partial charge in [0.1, 0.15) is 10.6 Å². The van der Waals surface area contributed by atoms with Gasteiger partial charge in [-0.1, -0.05) is 6.07 Å². The number of nitrogens with zero attached hydrogens (tertiary/aromatic N) is 2. The SMILES string of the molecule is CCOC(=O)c1c(N=Cc2ccncc2)sc(C)c1Cc1ccc2c(c1)OCO2. The topological polar surface area (TPSA) is 70.0 Å². The molecule has 29 heavy (non-hydrogen) atoms. The number of rotatable bonds is 6. The minimum atomic E-state index is -0.352. The first-order chi connectivity index (χ1) is 14.2. The highest BCUT2D eigenvalue weighted by Gasteiger charge is 2.24. The molecule has 7 heteroatoms. The monoisotopic (exact) mass is 408 g/mol. The fourth-order valence-electron chi connectivity index (χ4n) is 3.12. The molecule has 3 heterocycles. The van der Waals surface area contributed by atoms with Crippen LogP contribution in [0.25, 0.3) is 0 Å². The predicted octanol–water partition coefficient (Wildman–Crippen LogP) is 4.70. The molecule has 0 fully saturated rings. The molecule has 1 aliphatic heterocycles. The Hall–Kier alpha value is -3.19. The quantitative estimate of drug-likeness (QED) is 0.437. The van der Waals surface area contributed by atoms with Gasteiger partial charge in [-0.05, 0) is 61.2 Å². The van der Waals surface area contributed by atoms with E-state index >= 15 is 0 Å². The first-order valence-corrected chi connectivity index (χ1v) is 10.1. The Balaban J connectivity index is 1.70. The van der Waals surface area contributed by atoms with Crippen molar-refractivity contribution in [1.82, 2.24) is 4.98 Å². The van der Waals surface area contributed by atoms with Crippen LogP contribution >= 0.6 is 11.3 Å². The molecule has 2 aromatic heterocycles. The van der Waals surface area contributed by atoms with Gasteiger partial charge in [0.2, 0.25) is 6.79 Å². The second-order valence-corrected chi connectivity index (χ2v) is 7.64. The van der Waals surface area contributed by atoms with E-state index in [-0.39, 0.29) is 12.8 Å². The van der Waals surface area contributed by atoms with E-state index in [1.165, 1.54) is 11.3 Å². The van der Waals surface area contributed by atoms with Crippen LogP contribution in [0.3, 0.4) is 0 Å². The third-order valence-corrected chi connectivity index (χ3v) is 5.58. The summed E-state index contributed by atoms with van der Waals surface area (Å²) in [5.74, 6) is 1.11. The highest BCUT2D eigenvalue weighted by Crippen LogP contribution is 2.39. The number of hydrogen-bond acceptors (Lipinski definition) is 7. The van der Waals surface area contributed by atoms with Crippen molar-refractivity contribution in [2.45, 2.75) is 20.3 Å². The zero-order chi connectivity index (χ0) is 20.2.